The molecule has 2 rings (SSSR count). The van der Waals surface area contributed by atoms with Crippen molar-refractivity contribution in [1.82, 2.24) is 0 Å². The Kier molecular flexibility index (Phi) is 12.2. The number of esters is 1. The van der Waals surface area contributed by atoms with Crippen LogP contribution in [-0.4, -0.2) is 50.4 Å². The summed E-state index contributed by atoms with van der Waals surface area (Å²) in [5.74, 6) is -0.360. The number of benzene rings is 1. The van der Waals surface area contributed by atoms with Crippen LogP contribution < -0.4 is 0 Å². The molecule has 1 aromatic carbocycles. The Morgan fingerprint density at radius 3 is 2.45 bits per heavy atom. The second-order valence-electron chi connectivity index (χ2n) is 12.1. The molecule has 1 fully saturated rings. The second kappa shape index (κ2) is 14.0. The lowest BCUT2D eigenvalue weighted by Crippen LogP contribution is -2.45. The van der Waals surface area contributed by atoms with E-state index in [-0.39, 0.29) is 35.6 Å². The van der Waals surface area contributed by atoms with Crippen molar-refractivity contribution < 1.29 is 28.5 Å². The summed E-state index contributed by atoms with van der Waals surface area (Å²) in [5.41, 5.74) is 1.22. The number of carbonyl (C=O) groups is 1. The lowest BCUT2D eigenvalue weighted by Gasteiger charge is -2.40. The summed E-state index contributed by atoms with van der Waals surface area (Å²) in [5, 5.41) is 10.6. The normalized spacial score (nSPS) is 25.4. The molecule has 6 atom stereocenters. The van der Waals surface area contributed by atoms with Crippen molar-refractivity contribution >= 4 is 36.9 Å². The lowest BCUT2D eigenvalue weighted by atomic mass is 9.89. The Hall–Kier alpha value is -1.04. The number of ether oxygens (including phenoxy) is 3. The van der Waals surface area contributed by atoms with E-state index >= 15 is 0 Å². The molecule has 6 nitrogen and oxygen atoms in total. The minimum Gasteiger partial charge on any atom is -0.469 e. The van der Waals surface area contributed by atoms with Gasteiger partial charge in [0.15, 0.2) is 14.6 Å². The van der Waals surface area contributed by atoms with Gasteiger partial charge in [0.1, 0.15) is 6.10 Å². The van der Waals surface area contributed by atoms with E-state index in [1.54, 1.807) is 0 Å². The van der Waals surface area contributed by atoms with Gasteiger partial charge in [0.05, 0.1) is 31.3 Å². The summed E-state index contributed by atoms with van der Waals surface area (Å²) in [4.78, 5) is 12.3. The molecule has 0 aromatic heterocycles. The molecular formula is C30H47IO6Si. The molecule has 1 aromatic rings. The molecule has 0 radical (unpaired) electrons. The van der Waals surface area contributed by atoms with Crippen molar-refractivity contribution in [2.24, 2.45) is 5.92 Å². The van der Waals surface area contributed by atoms with E-state index in [2.05, 4.69) is 63.4 Å². The van der Waals surface area contributed by atoms with Crippen molar-refractivity contribution in [2.75, 3.05) is 7.11 Å². The second-order valence-corrected chi connectivity index (χ2v) is 17.5. The topological polar surface area (TPSA) is 74.2 Å². The molecule has 214 valence electrons. The Morgan fingerprint density at radius 2 is 1.89 bits per heavy atom. The summed E-state index contributed by atoms with van der Waals surface area (Å²) >= 11 is 2.15. The first-order chi connectivity index (χ1) is 17.6. The van der Waals surface area contributed by atoms with E-state index in [0.717, 1.165) is 11.1 Å². The molecule has 0 bridgehead atoms. The first kappa shape index (κ1) is 33.2. The van der Waals surface area contributed by atoms with Crippen LogP contribution in [0.1, 0.15) is 72.7 Å². The van der Waals surface area contributed by atoms with Crippen LogP contribution in [0.25, 0.3) is 0 Å². The van der Waals surface area contributed by atoms with Crippen LogP contribution in [-0.2, 0) is 23.4 Å². The SMILES string of the molecule is COC(=O)C[C@@H](CC[C@@]1(C)O[C@@H](c2ccccc2)O[C@H]1/C=C/[C@H](C)[C@H](O)/C(C)=C/I)O[Si](C)(C)C(C)(C)C. The summed E-state index contributed by atoms with van der Waals surface area (Å²) in [7, 11) is -0.703. The number of carbonyl (C=O) groups excluding carboxylic acids is 1. The highest BCUT2D eigenvalue weighted by molar-refractivity contribution is 14.1. The zero-order valence-corrected chi connectivity index (χ0v) is 27.7. The Balaban J connectivity index is 2.29. The van der Waals surface area contributed by atoms with Crippen molar-refractivity contribution in [3.8, 4) is 0 Å². The van der Waals surface area contributed by atoms with Crippen LogP contribution >= 0.6 is 22.6 Å². The third-order valence-electron chi connectivity index (χ3n) is 7.90. The molecule has 8 heteroatoms. The van der Waals surface area contributed by atoms with Crippen LogP contribution in [0.4, 0.5) is 0 Å². The van der Waals surface area contributed by atoms with Crippen LogP contribution in [0, 0.1) is 5.92 Å². The largest absolute Gasteiger partial charge is 0.469 e. The zero-order chi connectivity index (χ0) is 28.7. The first-order valence-electron chi connectivity index (χ1n) is 13.4. The van der Waals surface area contributed by atoms with Gasteiger partial charge in [-0.2, -0.15) is 0 Å². The fraction of sp³-hybridized carbons (Fsp3) is 0.633. The predicted octanol–water partition coefficient (Wildman–Crippen LogP) is 7.49. The number of hydrogen-bond acceptors (Lipinski definition) is 6. The molecule has 1 aliphatic heterocycles. The molecule has 0 unspecified atom stereocenters. The van der Waals surface area contributed by atoms with Crippen LogP contribution in [0.15, 0.2) is 52.1 Å². The molecule has 0 aliphatic carbocycles. The van der Waals surface area contributed by atoms with Gasteiger partial charge >= 0.3 is 5.97 Å². The van der Waals surface area contributed by atoms with Gasteiger partial charge in [0.25, 0.3) is 0 Å². The van der Waals surface area contributed by atoms with Gasteiger partial charge in [0, 0.05) is 11.5 Å². The predicted molar refractivity (Wildman–Crippen MR) is 164 cm³/mol. The highest BCUT2D eigenvalue weighted by Gasteiger charge is 2.46. The molecule has 1 saturated heterocycles. The summed E-state index contributed by atoms with van der Waals surface area (Å²) < 4.78 is 26.6. The maximum Gasteiger partial charge on any atom is 0.308 e. The summed E-state index contributed by atoms with van der Waals surface area (Å²) in [6, 6.07) is 9.91. The Morgan fingerprint density at radius 1 is 1.26 bits per heavy atom. The number of hydrogen-bond donors (Lipinski definition) is 1. The number of rotatable bonds is 12. The summed E-state index contributed by atoms with van der Waals surface area (Å²) in [6.45, 7) is 17.0. The first-order valence-corrected chi connectivity index (χ1v) is 17.5. The number of aliphatic hydroxyl groups excluding tert-OH is 1. The molecule has 1 N–H and O–H groups in total. The van der Waals surface area contributed by atoms with Gasteiger partial charge < -0.3 is 23.7 Å². The molecule has 1 aliphatic rings. The number of halogens is 1. The minimum atomic E-state index is -2.12. The summed E-state index contributed by atoms with van der Waals surface area (Å²) in [6.07, 6.45) is 3.80. The highest BCUT2D eigenvalue weighted by atomic mass is 127. The van der Waals surface area contributed by atoms with Crippen LogP contribution in [0.5, 0.6) is 0 Å². The maximum absolute atomic E-state index is 12.3. The van der Waals surface area contributed by atoms with Crippen molar-refractivity contribution in [3.05, 3.63) is 57.7 Å². The molecule has 0 saturated carbocycles. The molecule has 1 heterocycles. The van der Waals surface area contributed by atoms with Gasteiger partial charge in [-0.25, -0.2) is 0 Å². The van der Waals surface area contributed by atoms with E-state index in [0.29, 0.717) is 12.8 Å². The van der Waals surface area contributed by atoms with E-state index in [9.17, 15) is 9.90 Å². The van der Waals surface area contributed by atoms with Crippen molar-refractivity contribution in [2.45, 2.75) is 109 Å². The number of methoxy groups -OCH3 is 1. The highest BCUT2D eigenvalue weighted by Crippen LogP contribution is 2.43. The van der Waals surface area contributed by atoms with Gasteiger partial charge in [-0.1, -0.05) is 92.8 Å². The molecule has 38 heavy (non-hydrogen) atoms. The van der Waals surface area contributed by atoms with Crippen molar-refractivity contribution in [3.63, 3.8) is 0 Å². The molecular weight excluding hydrogens is 611 g/mol. The average Bonchev–Trinajstić information content (AvgIpc) is 3.20. The van der Waals surface area contributed by atoms with Gasteiger partial charge in [0.2, 0.25) is 0 Å². The zero-order valence-electron chi connectivity index (χ0n) is 24.5. The van der Waals surface area contributed by atoms with Gasteiger partial charge in [-0.05, 0) is 54.5 Å². The Bertz CT molecular complexity index is 957. The monoisotopic (exact) mass is 658 g/mol. The van der Waals surface area contributed by atoms with Crippen molar-refractivity contribution in [1.29, 1.82) is 0 Å². The van der Waals surface area contributed by atoms with Crippen LogP contribution in [0.2, 0.25) is 18.1 Å². The molecule has 0 spiro atoms. The van der Waals surface area contributed by atoms with E-state index < -0.39 is 26.3 Å². The van der Waals surface area contributed by atoms with Crippen LogP contribution in [0.3, 0.4) is 0 Å². The van der Waals surface area contributed by atoms with E-state index in [4.69, 9.17) is 18.6 Å². The van der Waals surface area contributed by atoms with Gasteiger partial charge in [-0.15, -0.1) is 0 Å². The van der Waals surface area contributed by atoms with E-state index in [1.807, 2.05) is 60.4 Å². The fourth-order valence-corrected chi connectivity index (χ4v) is 5.95. The molecule has 0 amide bonds. The fourth-order valence-electron chi connectivity index (χ4n) is 4.20. The number of aliphatic hydroxyl groups is 1. The third kappa shape index (κ3) is 8.99. The minimum absolute atomic E-state index is 0.0173. The van der Waals surface area contributed by atoms with E-state index in [1.165, 1.54) is 7.11 Å². The van der Waals surface area contributed by atoms with Gasteiger partial charge in [-0.3, -0.25) is 4.79 Å². The quantitative estimate of drug-likeness (QED) is 0.109. The smallest absolute Gasteiger partial charge is 0.308 e. The third-order valence-corrected chi connectivity index (χ3v) is 13.4. The Labute approximate surface area is 244 Å². The standard InChI is InChI=1S/C30H47IO6Si/c1-21(27(33)22(2)20-31)15-16-25-30(6,36-28(35-25)23-13-11-10-12-14-23)18-17-24(19-26(32)34-7)37-38(8,9)29(3,4)5/h10-16,20-21,24-25,27-28,33H,17-19H2,1-9H3/b16-15+,22-20+/t21-,24+,25-,27-,28-,30+/m0/s1. The average molecular weight is 659 g/mol. The lowest BCUT2D eigenvalue weighted by molar-refractivity contribution is -0.143. The maximum atomic E-state index is 12.3.